The van der Waals surface area contributed by atoms with Gasteiger partial charge in [0, 0.05) is 30.8 Å². The molecule has 1 amide bonds. The first-order valence-electron chi connectivity index (χ1n) is 8.06. The lowest BCUT2D eigenvalue weighted by atomic mass is 9.73. The number of nitrogens with one attached hydrogen (secondary N) is 1. The van der Waals surface area contributed by atoms with Gasteiger partial charge in [-0.25, -0.2) is 0 Å². The molecule has 1 aliphatic carbocycles. The largest absolute Gasteiger partial charge is 0.356 e. The Morgan fingerprint density at radius 3 is 2.82 bits per heavy atom. The summed E-state index contributed by atoms with van der Waals surface area (Å²) >= 11 is 0. The zero-order valence-corrected chi connectivity index (χ0v) is 12.8. The lowest BCUT2D eigenvalue weighted by Gasteiger charge is -2.47. The first kappa shape index (κ1) is 13.6. The van der Waals surface area contributed by atoms with E-state index in [2.05, 4.69) is 11.1 Å². The number of hydrogen-bond donors (Lipinski definition) is 1. The molecular weight excluding hydrogens is 276 g/mol. The van der Waals surface area contributed by atoms with Gasteiger partial charge in [-0.1, -0.05) is 18.2 Å². The van der Waals surface area contributed by atoms with Crippen LogP contribution in [0, 0.1) is 0 Å². The second kappa shape index (κ2) is 4.70. The number of nitrogens with zero attached hydrogens (tertiary/aromatic N) is 1. The summed E-state index contributed by atoms with van der Waals surface area (Å²) in [6.45, 7) is 2.22. The van der Waals surface area contributed by atoms with Gasteiger partial charge in [-0.2, -0.15) is 0 Å². The van der Waals surface area contributed by atoms with E-state index in [9.17, 15) is 9.59 Å². The molecule has 1 unspecified atom stereocenters. The number of carbonyl (C=O) groups is 2. The summed E-state index contributed by atoms with van der Waals surface area (Å²) in [5.41, 5.74) is 2.51. The van der Waals surface area contributed by atoms with Crippen molar-refractivity contribution in [2.45, 2.75) is 44.6 Å². The SMILES string of the molecule is CC(=O)N1CCc2c([nH]c3ccccc23)C12CCCCC2=O. The number of aromatic amines is 1. The molecule has 1 aliphatic heterocycles. The molecule has 2 aromatic rings. The summed E-state index contributed by atoms with van der Waals surface area (Å²) in [5.74, 6) is 0.195. The number of para-hydroxylation sites is 1. The van der Waals surface area contributed by atoms with Crippen molar-refractivity contribution in [1.82, 2.24) is 9.88 Å². The normalized spacial score (nSPS) is 24.8. The number of Topliss-reactive ketones (excluding diaryl/α,β-unsaturated/α-hetero) is 1. The molecule has 0 saturated heterocycles. The van der Waals surface area contributed by atoms with E-state index in [4.69, 9.17) is 0 Å². The average Bonchev–Trinajstić information content (AvgIpc) is 2.90. The zero-order valence-electron chi connectivity index (χ0n) is 12.8. The summed E-state index contributed by atoms with van der Waals surface area (Å²) in [5, 5.41) is 1.19. The van der Waals surface area contributed by atoms with Gasteiger partial charge in [-0.15, -0.1) is 0 Å². The number of H-pyrrole nitrogens is 1. The van der Waals surface area contributed by atoms with E-state index in [-0.39, 0.29) is 11.7 Å². The summed E-state index contributed by atoms with van der Waals surface area (Å²) < 4.78 is 0. The molecule has 1 aromatic heterocycles. The van der Waals surface area contributed by atoms with E-state index in [1.165, 1.54) is 10.9 Å². The maximum atomic E-state index is 12.9. The smallest absolute Gasteiger partial charge is 0.220 e. The van der Waals surface area contributed by atoms with Crippen LogP contribution in [0.5, 0.6) is 0 Å². The van der Waals surface area contributed by atoms with Crippen LogP contribution in [0.2, 0.25) is 0 Å². The van der Waals surface area contributed by atoms with Crippen LogP contribution in [-0.4, -0.2) is 28.1 Å². The van der Waals surface area contributed by atoms with Crippen molar-refractivity contribution in [3.8, 4) is 0 Å². The van der Waals surface area contributed by atoms with Gasteiger partial charge in [-0.05, 0) is 37.3 Å². The van der Waals surface area contributed by atoms with Crippen molar-refractivity contribution in [3.63, 3.8) is 0 Å². The van der Waals surface area contributed by atoms with E-state index in [0.717, 1.165) is 36.9 Å². The molecule has 1 spiro atoms. The molecule has 1 saturated carbocycles. The fraction of sp³-hybridized carbons (Fsp3) is 0.444. The van der Waals surface area contributed by atoms with Crippen LogP contribution in [-0.2, 0) is 21.5 Å². The number of aromatic nitrogens is 1. The minimum absolute atomic E-state index is 0.000411. The summed E-state index contributed by atoms with van der Waals surface area (Å²) in [7, 11) is 0. The van der Waals surface area contributed by atoms with Gasteiger partial charge in [0.05, 0.1) is 5.69 Å². The number of benzene rings is 1. The van der Waals surface area contributed by atoms with Gasteiger partial charge in [0.2, 0.25) is 5.91 Å². The molecule has 1 atom stereocenters. The molecule has 0 bridgehead atoms. The lowest BCUT2D eigenvalue weighted by Crippen LogP contribution is -2.58. The second-order valence-corrected chi connectivity index (χ2v) is 6.44. The van der Waals surface area contributed by atoms with Gasteiger partial charge in [0.25, 0.3) is 0 Å². The molecule has 1 fully saturated rings. The Labute approximate surface area is 129 Å². The maximum absolute atomic E-state index is 12.9. The predicted octanol–water partition coefficient (Wildman–Crippen LogP) is 2.91. The highest BCUT2D eigenvalue weighted by atomic mass is 16.2. The van der Waals surface area contributed by atoms with Crippen LogP contribution in [0.3, 0.4) is 0 Å². The van der Waals surface area contributed by atoms with Gasteiger partial charge in [-0.3, -0.25) is 9.59 Å². The van der Waals surface area contributed by atoms with Gasteiger partial charge >= 0.3 is 0 Å². The van der Waals surface area contributed by atoms with Gasteiger partial charge < -0.3 is 9.88 Å². The molecule has 2 heterocycles. The highest BCUT2D eigenvalue weighted by Crippen LogP contribution is 2.45. The zero-order chi connectivity index (χ0) is 15.3. The Morgan fingerprint density at radius 1 is 1.23 bits per heavy atom. The fourth-order valence-electron chi connectivity index (χ4n) is 4.35. The Morgan fingerprint density at radius 2 is 2.05 bits per heavy atom. The van der Waals surface area contributed by atoms with Crippen molar-refractivity contribution >= 4 is 22.6 Å². The number of ketones is 1. The van der Waals surface area contributed by atoms with Crippen molar-refractivity contribution in [3.05, 3.63) is 35.5 Å². The molecule has 1 N–H and O–H groups in total. The van der Waals surface area contributed by atoms with Crippen molar-refractivity contribution < 1.29 is 9.59 Å². The van der Waals surface area contributed by atoms with E-state index < -0.39 is 5.54 Å². The molecule has 4 nitrogen and oxygen atoms in total. The average molecular weight is 296 g/mol. The minimum atomic E-state index is -0.753. The van der Waals surface area contributed by atoms with Crippen LogP contribution in [0.4, 0.5) is 0 Å². The number of carbonyl (C=O) groups excluding carboxylic acids is 2. The van der Waals surface area contributed by atoms with Crippen molar-refractivity contribution in [2.24, 2.45) is 0 Å². The Bertz CT molecular complexity index is 776. The van der Waals surface area contributed by atoms with Crippen LogP contribution < -0.4 is 0 Å². The number of fused-ring (bicyclic) bond motifs is 4. The third kappa shape index (κ3) is 1.64. The second-order valence-electron chi connectivity index (χ2n) is 6.44. The molecule has 2 aliphatic rings. The van der Waals surface area contributed by atoms with E-state index >= 15 is 0 Å². The standard InChI is InChI=1S/C18H20N2O2/c1-12(21)20-11-9-14-13-6-2-3-7-15(13)19-17(14)18(20)10-5-4-8-16(18)22/h2-3,6-7,19H,4-5,8-11H2,1H3. The number of hydrogen-bond acceptors (Lipinski definition) is 2. The van der Waals surface area contributed by atoms with Crippen LogP contribution in [0.25, 0.3) is 10.9 Å². The molecule has 1 aromatic carbocycles. The molecule has 4 heteroatoms. The third-order valence-corrected chi connectivity index (χ3v) is 5.31. The predicted molar refractivity (Wildman–Crippen MR) is 84.5 cm³/mol. The Hall–Kier alpha value is -2.10. The first-order chi connectivity index (χ1) is 10.6. The van der Waals surface area contributed by atoms with Crippen LogP contribution >= 0.6 is 0 Å². The molecule has 114 valence electrons. The first-order valence-corrected chi connectivity index (χ1v) is 8.06. The third-order valence-electron chi connectivity index (χ3n) is 5.31. The Kier molecular flexibility index (Phi) is 2.90. The quantitative estimate of drug-likeness (QED) is 0.812. The van der Waals surface area contributed by atoms with Gasteiger partial charge in [0.15, 0.2) is 5.78 Å². The fourth-order valence-corrected chi connectivity index (χ4v) is 4.35. The van der Waals surface area contributed by atoms with E-state index in [0.29, 0.717) is 13.0 Å². The monoisotopic (exact) mass is 296 g/mol. The van der Waals surface area contributed by atoms with E-state index in [1.807, 2.05) is 23.1 Å². The molecule has 0 radical (unpaired) electrons. The molecular formula is C18H20N2O2. The number of amides is 1. The van der Waals surface area contributed by atoms with Crippen molar-refractivity contribution in [2.75, 3.05) is 6.54 Å². The summed E-state index contributed by atoms with van der Waals surface area (Å²) in [6.07, 6.45) is 4.05. The van der Waals surface area contributed by atoms with Gasteiger partial charge in [0.1, 0.15) is 5.54 Å². The van der Waals surface area contributed by atoms with E-state index in [1.54, 1.807) is 6.92 Å². The van der Waals surface area contributed by atoms with Crippen LogP contribution in [0.1, 0.15) is 43.9 Å². The topological polar surface area (TPSA) is 53.2 Å². The highest BCUT2D eigenvalue weighted by molar-refractivity contribution is 5.97. The summed E-state index contributed by atoms with van der Waals surface area (Å²) in [6, 6.07) is 8.19. The minimum Gasteiger partial charge on any atom is -0.356 e. The summed E-state index contributed by atoms with van der Waals surface area (Å²) in [4.78, 5) is 30.4. The molecule has 22 heavy (non-hydrogen) atoms. The number of rotatable bonds is 0. The van der Waals surface area contributed by atoms with Crippen molar-refractivity contribution in [1.29, 1.82) is 0 Å². The van der Waals surface area contributed by atoms with Crippen LogP contribution in [0.15, 0.2) is 24.3 Å². The highest BCUT2D eigenvalue weighted by Gasteiger charge is 2.51. The lowest BCUT2D eigenvalue weighted by molar-refractivity contribution is -0.149. The molecule has 4 rings (SSSR count). The maximum Gasteiger partial charge on any atom is 0.220 e. The Balaban J connectivity index is 2.00.